The van der Waals surface area contributed by atoms with Crippen molar-refractivity contribution in [2.24, 2.45) is 0 Å². The number of alkyl halides is 1. The molecule has 1 nitrogen and oxygen atoms in total. The summed E-state index contributed by atoms with van der Waals surface area (Å²) in [5.74, 6) is 0. The Bertz CT molecular complexity index is 68.5. The first kappa shape index (κ1) is 5.82. The van der Waals surface area contributed by atoms with Crippen LogP contribution in [-0.4, -0.2) is 10.5 Å². The molecule has 0 unspecified atom stereocenters. The summed E-state index contributed by atoms with van der Waals surface area (Å²) >= 11 is 0.330. The van der Waals surface area contributed by atoms with Gasteiger partial charge in [0, 0.05) is 0 Å². The van der Waals surface area contributed by atoms with E-state index in [4.69, 9.17) is 0 Å². The topological polar surface area (TPSA) is 12.0 Å². The van der Waals surface area contributed by atoms with Gasteiger partial charge in [-0.3, -0.25) is 0 Å². The van der Waals surface area contributed by atoms with Crippen LogP contribution >= 0.6 is 0 Å². The molecule has 0 aliphatic heterocycles. The van der Waals surface area contributed by atoms with Gasteiger partial charge in [0.1, 0.15) is 0 Å². The van der Waals surface area contributed by atoms with Crippen LogP contribution in [0.3, 0.4) is 0 Å². The molecular weight excluding hydrogens is 201 g/mol. The Labute approximate surface area is 55.5 Å². The maximum absolute atomic E-state index is 3.51. The molecule has 2 heteroatoms. The van der Waals surface area contributed by atoms with Crippen molar-refractivity contribution in [3.05, 3.63) is 0 Å². The van der Waals surface area contributed by atoms with Gasteiger partial charge in [0.25, 0.3) is 0 Å². The SMILES string of the molecule is C[I-]NC1(C)CC1. The van der Waals surface area contributed by atoms with E-state index in [0.717, 1.165) is 0 Å². The van der Waals surface area contributed by atoms with Gasteiger partial charge in [0.2, 0.25) is 0 Å². The monoisotopic (exact) mass is 212 g/mol. The van der Waals surface area contributed by atoms with Gasteiger partial charge in [0.15, 0.2) is 0 Å². The Kier molecular flexibility index (Phi) is 1.58. The summed E-state index contributed by atoms with van der Waals surface area (Å²) in [6.07, 6.45) is 2.81. The summed E-state index contributed by atoms with van der Waals surface area (Å²) in [7, 11) is 0. The standard InChI is InChI=1S/C5H11IN/c1-5(3-4-5)7-6-2/h7H,3-4H2,1-2H3/q-1. The summed E-state index contributed by atoms with van der Waals surface area (Å²) in [5, 5.41) is 0. The Hall–Kier alpha value is 0.690. The molecule has 0 spiro atoms. The van der Waals surface area contributed by atoms with Crippen LogP contribution in [-0.2, 0) is 0 Å². The van der Waals surface area contributed by atoms with E-state index in [2.05, 4.69) is 15.4 Å². The molecule has 1 aliphatic rings. The van der Waals surface area contributed by atoms with Crippen LogP contribution in [0.1, 0.15) is 19.8 Å². The first-order valence-electron chi connectivity index (χ1n) is 2.52. The predicted molar refractivity (Wildman–Crippen MR) is 26.7 cm³/mol. The van der Waals surface area contributed by atoms with Gasteiger partial charge in [0.05, 0.1) is 0 Å². The fourth-order valence-corrected chi connectivity index (χ4v) is 2.35. The summed E-state index contributed by atoms with van der Waals surface area (Å²) < 4.78 is 3.51. The van der Waals surface area contributed by atoms with Crippen molar-refractivity contribution in [1.29, 1.82) is 0 Å². The Morgan fingerprint density at radius 3 is 2.29 bits per heavy atom. The van der Waals surface area contributed by atoms with E-state index in [9.17, 15) is 0 Å². The molecule has 1 fully saturated rings. The molecule has 44 valence electrons. The molecule has 1 aliphatic carbocycles. The molecule has 0 aromatic heterocycles. The second-order valence-electron chi connectivity index (χ2n) is 2.34. The molecule has 0 bridgehead atoms. The number of nitrogens with one attached hydrogen (secondary N) is 1. The van der Waals surface area contributed by atoms with Gasteiger partial charge < -0.3 is 0 Å². The Balaban J connectivity index is 2.13. The average Bonchev–Trinajstić information content (AvgIpc) is 2.22. The molecule has 0 amide bonds. The first-order chi connectivity index (χ1) is 3.27. The quantitative estimate of drug-likeness (QED) is 0.310. The molecule has 7 heavy (non-hydrogen) atoms. The summed E-state index contributed by atoms with van der Waals surface area (Å²) in [5.41, 5.74) is 0.599. The van der Waals surface area contributed by atoms with E-state index in [0.29, 0.717) is 27.0 Å². The second-order valence-corrected chi connectivity index (χ2v) is 3.96. The van der Waals surface area contributed by atoms with Crippen molar-refractivity contribution in [3.63, 3.8) is 0 Å². The van der Waals surface area contributed by atoms with E-state index in [1.54, 1.807) is 0 Å². The number of hydrogen-bond donors (Lipinski definition) is 1. The van der Waals surface area contributed by atoms with Crippen molar-refractivity contribution < 1.29 is 21.5 Å². The van der Waals surface area contributed by atoms with Crippen molar-refractivity contribution in [3.8, 4) is 0 Å². The zero-order valence-corrected chi connectivity index (χ0v) is 6.95. The molecule has 0 saturated heterocycles. The van der Waals surface area contributed by atoms with Crippen molar-refractivity contribution in [2.45, 2.75) is 25.3 Å². The maximum atomic E-state index is 3.51. The summed E-state index contributed by atoms with van der Waals surface area (Å²) in [6.45, 7) is 2.30. The molecule has 0 atom stereocenters. The van der Waals surface area contributed by atoms with Gasteiger partial charge in [-0.2, -0.15) is 0 Å². The summed E-state index contributed by atoms with van der Waals surface area (Å²) in [6, 6.07) is 0. The minimum absolute atomic E-state index is 0.330. The molecule has 0 aromatic rings. The zero-order valence-electron chi connectivity index (χ0n) is 4.79. The minimum atomic E-state index is 0.330. The van der Waals surface area contributed by atoms with Gasteiger partial charge in [-0.25, -0.2) is 0 Å². The third-order valence-corrected chi connectivity index (χ3v) is 3.16. The first-order valence-corrected chi connectivity index (χ1v) is 5.76. The number of halogens is 1. The van der Waals surface area contributed by atoms with Crippen LogP contribution < -0.4 is 25.0 Å². The van der Waals surface area contributed by atoms with Crippen molar-refractivity contribution >= 4 is 0 Å². The fraction of sp³-hybridized carbons (Fsp3) is 1.00. The zero-order chi connectivity index (χ0) is 5.33. The Morgan fingerprint density at radius 1 is 1.57 bits per heavy atom. The normalized spacial score (nSPS) is 25.4. The van der Waals surface area contributed by atoms with Crippen LogP contribution in [0.15, 0.2) is 0 Å². The van der Waals surface area contributed by atoms with Crippen LogP contribution in [0.2, 0.25) is 0 Å². The van der Waals surface area contributed by atoms with E-state index in [-0.39, 0.29) is 0 Å². The second kappa shape index (κ2) is 1.90. The third-order valence-electron chi connectivity index (χ3n) is 1.32. The van der Waals surface area contributed by atoms with Crippen LogP contribution in [0.4, 0.5) is 0 Å². The van der Waals surface area contributed by atoms with E-state index in [1.165, 1.54) is 12.8 Å². The van der Waals surface area contributed by atoms with Gasteiger partial charge in [-0.05, 0) is 0 Å². The molecule has 0 heterocycles. The number of hydrogen-bond acceptors (Lipinski definition) is 1. The molecule has 1 saturated carbocycles. The Morgan fingerprint density at radius 2 is 2.14 bits per heavy atom. The number of rotatable bonds is 2. The molecule has 1 N–H and O–H groups in total. The predicted octanol–water partition coefficient (Wildman–Crippen LogP) is -2.24. The van der Waals surface area contributed by atoms with E-state index in [1.807, 2.05) is 0 Å². The van der Waals surface area contributed by atoms with Crippen molar-refractivity contribution in [2.75, 3.05) is 4.93 Å². The summed E-state index contributed by atoms with van der Waals surface area (Å²) in [4.78, 5) is 2.27. The fourth-order valence-electron chi connectivity index (χ4n) is 0.510. The molecule has 0 aromatic carbocycles. The average molecular weight is 212 g/mol. The van der Waals surface area contributed by atoms with Crippen LogP contribution in [0.25, 0.3) is 0 Å². The van der Waals surface area contributed by atoms with Gasteiger partial charge in [-0.1, -0.05) is 0 Å². The molecule has 1 rings (SSSR count). The van der Waals surface area contributed by atoms with E-state index >= 15 is 0 Å². The van der Waals surface area contributed by atoms with Gasteiger partial charge in [-0.15, -0.1) is 0 Å². The van der Waals surface area contributed by atoms with Crippen molar-refractivity contribution in [1.82, 2.24) is 3.53 Å². The molecule has 0 radical (unpaired) electrons. The third kappa shape index (κ3) is 1.57. The van der Waals surface area contributed by atoms with E-state index < -0.39 is 0 Å². The van der Waals surface area contributed by atoms with Crippen LogP contribution in [0, 0.1) is 0 Å². The van der Waals surface area contributed by atoms with Crippen LogP contribution in [0.5, 0.6) is 0 Å². The molecular formula is C5H11IN-. The van der Waals surface area contributed by atoms with Gasteiger partial charge >= 0.3 is 55.2 Å².